The SMILES string of the molecule is C[C@@]1(CCCCc2ccccc2)CC2C3Cc4ccc(O)c5c4C2(CCN3CC2CC2)C(O5)C1=O. The average Bonchev–Trinajstić information content (AvgIpc) is 3.61. The number of benzene rings is 2. The van der Waals surface area contributed by atoms with Crippen LogP contribution < -0.4 is 4.74 Å². The maximum Gasteiger partial charge on any atom is 0.180 e. The molecule has 0 radical (unpaired) electrons. The van der Waals surface area contributed by atoms with Crippen LogP contribution in [0.3, 0.4) is 0 Å². The van der Waals surface area contributed by atoms with Gasteiger partial charge in [-0.3, -0.25) is 9.69 Å². The van der Waals surface area contributed by atoms with Gasteiger partial charge in [0.2, 0.25) is 0 Å². The third-order valence-electron chi connectivity index (χ3n) is 10.2. The van der Waals surface area contributed by atoms with Crippen LogP contribution in [0.5, 0.6) is 11.5 Å². The summed E-state index contributed by atoms with van der Waals surface area (Å²) in [6.45, 7) is 4.48. The number of carbonyl (C=O) groups is 1. The van der Waals surface area contributed by atoms with Gasteiger partial charge in [0.25, 0.3) is 0 Å². The highest BCUT2D eigenvalue weighted by molar-refractivity contribution is 5.93. The number of unbranched alkanes of at least 4 members (excludes halogenated alkanes) is 1. The molecule has 2 aromatic carbocycles. The number of phenols is 1. The topological polar surface area (TPSA) is 49.8 Å². The van der Waals surface area contributed by atoms with E-state index < -0.39 is 6.10 Å². The summed E-state index contributed by atoms with van der Waals surface area (Å²) in [5.74, 6) is 2.40. The van der Waals surface area contributed by atoms with E-state index in [-0.39, 0.29) is 22.4 Å². The van der Waals surface area contributed by atoms with Crippen molar-refractivity contribution in [3.63, 3.8) is 0 Å². The van der Waals surface area contributed by atoms with Gasteiger partial charge >= 0.3 is 0 Å². The van der Waals surface area contributed by atoms with Crippen molar-refractivity contribution in [2.45, 2.75) is 82.3 Å². The quantitative estimate of drug-likeness (QED) is 0.547. The number of phenolic OH excluding ortho intramolecular Hbond substituents is 1. The van der Waals surface area contributed by atoms with Gasteiger partial charge in [-0.1, -0.05) is 49.7 Å². The Morgan fingerprint density at radius 1 is 1.11 bits per heavy atom. The fourth-order valence-electron chi connectivity index (χ4n) is 8.26. The molecule has 0 amide bonds. The first-order chi connectivity index (χ1) is 17.0. The van der Waals surface area contributed by atoms with E-state index in [9.17, 15) is 9.90 Å². The number of likely N-dealkylation sites (tertiary alicyclic amines) is 1. The molecule has 1 saturated heterocycles. The summed E-state index contributed by atoms with van der Waals surface area (Å²) in [7, 11) is 0. The van der Waals surface area contributed by atoms with Crippen molar-refractivity contribution in [3.8, 4) is 11.5 Å². The molecule has 5 atom stereocenters. The molecule has 4 unspecified atom stereocenters. The van der Waals surface area contributed by atoms with Crippen molar-refractivity contribution < 1.29 is 14.6 Å². The van der Waals surface area contributed by atoms with Crippen LogP contribution in [0.15, 0.2) is 42.5 Å². The Labute approximate surface area is 208 Å². The van der Waals surface area contributed by atoms with Gasteiger partial charge < -0.3 is 9.84 Å². The smallest absolute Gasteiger partial charge is 0.180 e. The van der Waals surface area contributed by atoms with Gasteiger partial charge in [-0.05, 0) is 86.9 Å². The number of hydrogen-bond acceptors (Lipinski definition) is 4. The Balaban J connectivity index is 1.20. The van der Waals surface area contributed by atoms with Crippen LogP contribution in [0.25, 0.3) is 0 Å². The van der Waals surface area contributed by atoms with Crippen LogP contribution in [-0.4, -0.2) is 41.0 Å². The van der Waals surface area contributed by atoms with Crippen LogP contribution in [-0.2, 0) is 23.1 Å². The molecule has 2 saturated carbocycles. The Morgan fingerprint density at radius 2 is 1.94 bits per heavy atom. The molecular weight excluding hydrogens is 434 g/mol. The molecule has 2 aliphatic heterocycles. The number of ether oxygens (including phenoxy) is 1. The van der Waals surface area contributed by atoms with E-state index in [1.165, 1.54) is 36.1 Å². The van der Waals surface area contributed by atoms with E-state index in [2.05, 4.69) is 48.2 Å². The summed E-state index contributed by atoms with van der Waals surface area (Å²) < 4.78 is 6.50. The Bertz CT molecular complexity index is 1160. The van der Waals surface area contributed by atoms with Crippen molar-refractivity contribution in [3.05, 3.63) is 59.2 Å². The zero-order chi connectivity index (χ0) is 23.8. The first-order valence-corrected chi connectivity index (χ1v) is 13.8. The van der Waals surface area contributed by atoms with E-state index in [1.54, 1.807) is 6.07 Å². The van der Waals surface area contributed by atoms with Crippen LogP contribution in [0.1, 0.15) is 68.6 Å². The number of Topliss-reactive ketones (excluding diaryl/α,β-unsaturated/α-hetero) is 1. The molecule has 4 nitrogen and oxygen atoms in total. The molecule has 7 rings (SSSR count). The summed E-state index contributed by atoms with van der Waals surface area (Å²) in [5.41, 5.74) is 3.27. The summed E-state index contributed by atoms with van der Waals surface area (Å²) in [4.78, 5) is 17.0. The highest BCUT2D eigenvalue weighted by atomic mass is 16.5. The largest absolute Gasteiger partial charge is 0.504 e. The zero-order valence-electron chi connectivity index (χ0n) is 20.8. The summed E-state index contributed by atoms with van der Waals surface area (Å²) in [5, 5.41) is 10.7. The highest BCUT2D eigenvalue weighted by Crippen LogP contribution is 2.66. The molecule has 2 aromatic rings. The van der Waals surface area contributed by atoms with Gasteiger partial charge in [0.1, 0.15) is 0 Å². The van der Waals surface area contributed by atoms with Gasteiger partial charge in [-0.2, -0.15) is 0 Å². The first kappa shape index (κ1) is 21.9. The lowest BCUT2D eigenvalue weighted by Gasteiger charge is -2.60. The van der Waals surface area contributed by atoms with E-state index in [1.807, 2.05) is 0 Å². The second-order valence-electron chi connectivity index (χ2n) is 12.4. The molecule has 2 heterocycles. The van der Waals surface area contributed by atoms with Crippen molar-refractivity contribution in [1.29, 1.82) is 0 Å². The van der Waals surface area contributed by atoms with Gasteiger partial charge in [-0.15, -0.1) is 0 Å². The third-order valence-corrected chi connectivity index (χ3v) is 10.2. The lowest BCUT2D eigenvalue weighted by Crippen LogP contribution is -2.69. The lowest BCUT2D eigenvalue weighted by molar-refractivity contribution is -0.155. The zero-order valence-corrected chi connectivity index (χ0v) is 20.8. The second-order valence-corrected chi connectivity index (χ2v) is 12.4. The van der Waals surface area contributed by atoms with Crippen molar-refractivity contribution in [1.82, 2.24) is 4.90 Å². The molecule has 1 spiro atoms. The van der Waals surface area contributed by atoms with E-state index in [0.717, 1.165) is 57.4 Å². The number of piperidine rings is 1. The molecule has 184 valence electrons. The number of rotatable bonds is 7. The molecule has 3 fully saturated rings. The number of aromatic hydroxyl groups is 1. The average molecular weight is 472 g/mol. The third kappa shape index (κ3) is 3.25. The number of aryl methyl sites for hydroxylation is 1. The standard InChI is InChI=1S/C31H37NO3/c1-30(14-6-5-9-20-7-3-2-4-8-20)18-23-24-17-22-12-13-25(33)27-26(22)31(23,29(35-27)28(30)34)15-16-32(24)19-21-10-11-21/h2-4,7-8,12-13,21,23-24,29,33H,5-6,9-11,14-19H2,1H3/t23?,24?,29?,30-,31?/m1/s1. The minimum Gasteiger partial charge on any atom is -0.504 e. The van der Waals surface area contributed by atoms with Gasteiger partial charge in [0.05, 0.1) is 0 Å². The fourth-order valence-corrected chi connectivity index (χ4v) is 8.26. The second kappa shape index (κ2) is 7.83. The molecule has 5 aliphatic rings. The Kier molecular flexibility index (Phi) is 4.90. The maximum absolute atomic E-state index is 14.2. The summed E-state index contributed by atoms with van der Waals surface area (Å²) >= 11 is 0. The van der Waals surface area contributed by atoms with E-state index >= 15 is 0 Å². The van der Waals surface area contributed by atoms with Crippen LogP contribution in [0.2, 0.25) is 0 Å². The number of hydrogen-bond donors (Lipinski definition) is 1. The van der Waals surface area contributed by atoms with Crippen LogP contribution >= 0.6 is 0 Å². The molecule has 4 heteroatoms. The van der Waals surface area contributed by atoms with Gasteiger partial charge in [-0.25, -0.2) is 0 Å². The molecule has 35 heavy (non-hydrogen) atoms. The maximum atomic E-state index is 14.2. The summed E-state index contributed by atoms with van der Waals surface area (Å²) in [6, 6.07) is 15.0. The van der Waals surface area contributed by atoms with Crippen molar-refractivity contribution in [2.75, 3.05) is 13.1 Å². The number of ketones is 1. The van der Waals surface area contributed by atoms with Crippen LogP contribution in [0.4, 0.5) is 0 Å². The minimum atomic E-state index is -0.437. The molecule has 1 N–H and O–H groups in total. The predicted molar refractivity (Wildman–Crippen MR) is 136 cm³/mol. The molecule has 3 aliphatic carbocycles. The van der Waals surface area contributed by atoms with Crippen molar-refractivity contribution in [2.24, 2.45) is 17.3 Å². The predicted octanol–water partition coefficient (Wildman–Crippen LogP) is 5.44. The van der Waals surface area contributed by atoms with E-state index in [4.69, 9.17) is 4.74 Å². The summed E-state index contributed by atoms with van der Waals surface area (Å²) in [6.07, 6.45) is 9.43. The molecule has 0 aromatic heterocycles. The molecular formula is C31H37NO3. The Morgan fingerprint density at radius 3 is 2.74 bits per heavy atom. The monoisotopic (exact) mass is 471 g/mol. The molecule has 2 bridgehead atoms. The Hall–Kier alpha value is -2.33. The van der Waals surface area contributed by atoms with Crippen molar-refractivity contribution >= 4 is 5.78 Å². The van der Waals surface area contributed by atoms with Gasteiger partial charge in [0, 0.05) is 29.0 Å². The minimum absolute atomic E-state index is 0.211. The highest BCUT2D eigenvalue weighted by Gasteiger charge is 2.69. The van der Waals surface area contributed by atoms with Gasteiger partial charge in [0.15, 0.2) is 23.4 Å². The first-order valence-electron chi connectivity index (χ1n) is 13.8. The number of carbonyl (C=O) groups excluding carboxylic acids is 1. The lowest BCUT2D eigenvalue weighted by atomic mass is 9.47. The van der Waals surface area contributed by atoms with E-state index in [0.29, 0.717) is 17.7 Å². The van der Waals surface area contributed by atoms with Crippen LogP contribution in [0, 0.1) is 17.3 Å². The fraction of sp³-hybridized carbons (Fsp3) is 0.581. The number of nitrogens with zero attached hydrogens (tertiary/aromatic N) is 1. The normalized spacial score (nSPS) is 35.0.